The summed E-state index contributed by atoms with van der Waals surface area (Å²) in [6.45, 7) is 10.7. The Morgan fingerprint density at radius 3 is 2.32 bits per heavy atom. The van der Waals surface area contributed by atoms with Crippen molar-refractivity contribution >= 4 is 5.97 Å². The van der Waals surface area contributed by atoms with Gasteiger partial charge < -0.3 is 28.4 Å². The van der Waals surface area contributed by atoms with E-state index in [1.165, 1.54) is 0 Å². The second-order valence-corrected chi connectivity index (χ2v) is 6.54. The van der Waals surface area contributed by atoms with Gasteiger partial charge in [0.1, 0.15) is 31.0 Å². The molecule has 0 saturated carbocycles. The maximum Gasteiger partial charge on any atom is 0.330 e. The first-order valence-corrected chi connectivity index (χ1v) is 7.37. The number of fused-ring (bicyclic) bond motifs is 3. The highest BCUT2D eigenvalue weighted by molar-refractivity contribution is 5.81. The highest BCUT2D eigenvalue weighted by Crippen LogP contribution is 2.44. The highest BCUT2D eigenvalue weighted by Gasteiger charge is 2.60. The van der Waals surface area contributed by atoms with E-state index < -0.39 is 36.0 Å². The highest BCUT2D eigenvalue weighted by atomic mass is 16.9. The van der Waals surface area contributed by atoms with Gasteiger partial charge in [-0.25, -0.2) is 4.79 Å². The maximum absolute atomic E-state index is 11.3. The fourth-order valence-corrected chi connectivity index (χ4v) is 3.05. The normalized spacial score (nSPS) is 41.5. The smallest absolute Gasteiger partial charge is 0.330 e. The topological polar surface area (TPSA) is 72.5 Å². The van der Waals surface area contributed by atoms with Crippen LogP contribution in [-0.2, 0) is 33.2 Å². The van der Waals surface area contributed by atoms with Gasteiger partial charge in [-0.15, -0.1) is 0 Å². The van der Waals surface area contributed by atoms with Gasteiger partial charge in [-0.05, 0) is 27.7 Å². The zero-order valence-electron chi connectivity index (χ0n) is 13.2. The maximum atomic E-state index is 11.3. The SMILES string of the molecule is C=CC(=O)OC[C@H]1O[C@@H]2OC(C)(C)O[C@@H]2[C@H]2OC(C)(C)O[C@H]21. The van der Waals surface area contributed by atoms with Crippen molar-refractivity contribution in [3.63, 3.8) is 0 Å². The Morgan fingerprint density at radius 1 is 1.05 bits per heavy atom. The molecule has 22 heavy (non-hydrogen) atoms. The number of hydrogen-bond donors (Lipinski definition) is 0. The summed E-state index contributed by atoms with van der Waals surface area (Å²) in [5, 5.41) is 0. The fraction of sp³-hybridized carbons (Fsp3) is 0.800. The van der Waals surface area contributed by atoms with E-state index in [4.69, 9.17) is 28.4 Å². The summed E-state index contributed by atoms with van der Waals surface area (Å²) in [7, 11) is 0. The zero-order chi connectivity index (χ0) is 16.1. The van der Waals surface area contributed by atoms with Gasteiger partial charge in [-0.2, -0.15) is 0 Å². The summed E-state index contributed by atoms with van der Waals surface area (Å²) in [5.74, 6) is -2.03. The summed E-state index contributed by atoms with van der Waals surface area (Å²) in [6, 6.07) is 0. The van der Waals surface area contributed by atoms with Crippen LogP contribution in [0.15, 0.2) is 12.7 Å². The van der Waals surface area contributed by atoms with E-state index in [1.807, 2.05) is 27.7 Å². The second-order valence-electron chi connectivity index (χ2n) is 6.54. The molecule has 5 atom stereocenters. The van der Waals surface area contributed by atoms with E-state index in [2.05, 4.69) is 6.58 Å². The van der Waals surface area contributed by atoms with E-state index in [9.17, 15) is 4.79 Å². The monoisotopic (exact) mass is 314 g/mol. The molecule has 0 aromatic rings. The lowest BCUT2D eigenvalue weighted by molar-refractivity contribution is -0.242. The van der Waals surface area contributed by atoms with E-state index in [0.717, 1.165) is 6.08 Å². The van der Waals surface area contributed by atoms with Crippen LogP contribution in [0.2, 0.25) is 0 Å². The molecule has 3 aliphatic rings. The average molecular weight is 314 g/mol. The molecule has 0 radical (unpaired) electrons. The minimum absolute atomic E-state index is 0.0401. The summed E-state index contributed by atoms with van der Waals surface area (Å²) >= 11 is 0. The first-order valence-electron chi connectivity index (χ1n) is 7.37. The van der Waals surface area contributed by atoms with E-state index in [1.54, 1.807) is 0 Å². The quantitative estimate of drug-likeness (QED) is 0.571. The van der Waals surface area contributed by atoms with Crippen LogP contribution < -0.4 is 0 Å². The molecule has 7 heteroatoms. The van der Waals surface area contributed by atoms with Gasteiger partial charge >= 0.3 is 5.97 Å². The molecule has 3 rings (SSSR count). The van der Waals surface area contributed by atoms with Crippen LogP contribution in [0.25, 0.3) is 0 Å². The number of esters is 1. The van der Waals surface area contributed by atoms with Crippen molar-refractivity contribution in [3.8, 4) is 0 Å². The van der Waals surface area contributed by atoms with Gasteiger partial charge in [0.25, 0.3) is 0 Å². The first-order chi connectivity index (χ1) is 10.2. The molecule has 0 unspecified atom stereocenters. The van der Waals surface area contributed by atoms with Crippen molar-refractivity contribution < 1.29 is 33.2 Å². The Balaban J connectivity index is 1.77. The van der Waals surface area contributed by atoms with Crippen LogP contribution >= 0.6 is 0 Å². The molecular formula is C15H22O7. The molecule has 3 heterocycles. The Bertz CT molecular complexity index is 473. The largest absolute Gasteiger partial charge is 0.460 e. The number of rotatable bonds is 3. The predicted octanol–water partition coefficient (Wildman–Crippen LogP) is 1.11. The van der Waals surface area contributed by atoms with E-state index >= 15 is 0 Å². The van der Waals surface area contributed by atoms with E-state index in [-0.39, 0.29) is 18.8 Å². The standard InChI is InChI=1S/C15H22O7/c1-6-9(16)17-7-8-10-11(20-14(2,3)19-10)12-13(18-8)22-15(4,5)21-12/h6,8,10-13H,1,7H2,2-5H3/t8-,10+,11+,12-,13-/m1/s1. The Hall–Kier alpha value is -0.990. The van der Waals surface area contributed by atoms with Gasteiger partial charge in [0.15, 0.2) is 17.9 Å². The molecule has 0 amide bonds. The van der Waals surface area contributed by atoms with Crippen molar-refractivity contribution in [2.75, 3.05) is 6.61 Å². The molecular weight excluding hydrogens is 292 g/mol. The molecule has 0 aliphatic carbocycles. The van der Waals surface area contributed by atoms with Gasteiger partial charge in [0, 0.05) is 6.08 Å². The molecule has 0 aromatic heterocycles. The number of ether oxygens (including phenoxy) is 6. The molecule has 0 aromatic carbocycles. The lowest BCUT2D eigenvalue weighted by Gasteiger charge is -2.36. The molecule has 0 bridgehead atoms. The Kier molecular flexibility index (Phi) is 3.81. The average Bonchev–Trinajstić information content (AvgIpc) is 2.89. The molecule has 3 fully saturated rings. The molecule has 124 valence electrons. The third-order valence-corrected chi connectivity index (χ3v) is 3.81. The molecule has 7 nitrogen and oxygen atoms in total. The Morgan fingerprint density at radius 2 is 1.64 bits per heavy atom. The minimum Gasteiger partial charge on any atom is -0.460 e. The fourth-order valence-electron chi connectivity index (χ4n) is 3.05. The number of hydrogen-bond acceptors (Lipinski definition) is 7. The van der Waals surface area contributed by atoms with Crippen molar-refractivity contribution in [3.05, 3.63) is 12.7 Å². The number of carbonyl (C=O) groups is 1. The summed E-state index contributed by atoms with van der Waals surface area (Å²) in [5.41, 5.74) is 0. The van der Waals surface area contributed by atoms with E-state index in [0.29, 0.717) is 0 Å². The van der Waals surface area contributed by atoms with Crippen molar-refractivity contribution in [2.45, 2.75) is 70.0 Å². The third kappa shape index (κ3) is 2.91. The lowest BCUT2D eigenvalue weighted by Crippen LogP contribution is -2.56. The minimum atomic E-state index is -0.761. The number of carbonyl (C=O) groups excluding carboxylic acids is 1. The first kappa shape index (κ1) is 15.9. The zero-order valence-corrected chi connectivity index (χ0v) is 13.2. The third-order valence-electron chi connectivity index (χ3n) is 3.81. The molecule has 3 saturated heterocycles. The van der Waals surface area contributed by atoms with Crippen LogP contribution in [0, 0.1) is 0 Å². The lowest BCUT2D eigenvalue weighted by atomic mass is 9.99. The Labute approximate surface area is 129 Å². The summed E-state index contributed by atoms with van der Waals surface area (Å²) in [6.07, 6.45) is -1.09. The molecule has 3 aliphatic heterocycles. The van der Waals surface area contributed by atoms with Crippen LogP contribution in [0.1, 0.15) is 27.7 Å². The van der Waals surface area contributed by atoms with Crippen molar-refractivity contribution in [1.29, 1.82) is 0 Å². The van der Waals surface area contributed by atoms with Crippen LogP contribution in [-0.4, -0.2) is 54.9 Å². The van der Waals surface area contributed by atoms with Crippen LogP contribution in [0.4, 0.5) is 0 Å². The predicted molar refractivity (Wildman–Crippen MR) is 73.7 cm³/mol. The van der Waals surface area contributed by atoms with Crippen LogP contribution in [0.5, 0.6) is 0 Å². The van der Waals surface area contributed by atoms with Gasteiger partial charge in [-0.1, -0.05) is 6.58 Å². The van der Waals surface area contributed by atoms with Gasteiger partial charge in [0.2, 0.25) is 0 Å². The molecule has 0 N–H and O–H groups in total. The second kappa shape index (κ2) is 5.28. The van der Waals surface area contributed by atoms with Gasteiger partial charge in [0.05, 0.1) is 0 Å². The summed E-state index contributed by atoms with van der Waals surface area (Å²) < 4.78 is 34.5. The van der Waals surface area contributed by atoms with Crippen molar-refractivity contribution in [2.24, 2.45) is 0 Å². The van der Waals surface area contributed by atoms with Crippen molar-refractivity contribution in [1.82, 2.24) is 0 Å². The molecule has 0 spiro atoms. The summed E-state index contributed by atoms with van der Waals surface area (Å²) in [4.78, 5) is 11.3. The van der Waals surface area contributed by atoms with Crippen LogP contribution in [0.3, 0.4) is 0 Å². The van der Waals surface area contributed by atoms with Gasteiger partial charge in [-0.3, -0.25) is 0 Å².